The molecule has 0 bridgehead atoms. The lowest BCUT2D eigenvalue weighted by Gasteiger charge is -2.27. The Kier molecular flexibility index (Phi) is 4.78. The molecule has 3 atom stereocenters. The molecule has 3 aliphatic rings. The van der Waals surface area contributed by atoms with Crippen molar-refractivity contribution in [3.05, 3.63) is 98.4 Å². The molecule has 0 aromatic heterocycles. The first-order valence-electron chi connectivity index (χ1n) is 10.6. The molecule has 2 amide bonds. The van der Waals surface area contributed by atoms with Gasteiger partial charge in [-0.15, -0.1) is 0 Å². The molecular weight excluding hydrogens is 566 g/mol. The molecule has 3 aromatic rings. The zero-order chi connectivity index (χ0) is 23.8. The van der Waals surface area contributed by atoms with Gasteiger partial charge in [0.2, 0.25) is 29.0 Å². The Morgan fingerprint density at radius 2 is 1.32 bits per heavy atom. The van der Waals surface area contributed by atoms with Gasteiger partial charge in [0, 0.05) is 20.1 Å². The minimum Gasteiger partial charge on any atom is -0.349 e. The van der Waals surface area contributed by atoms with E-state index in [2.05, 4.69) is 31.9 Å². The minimum atomic E-state index is -2.07. The summed E-state index contributed by atoms with van der Waals surface area (Å²) in [4.78, 5) is 56.2. The Balaban J connectivity index is 1.56. The van der Waals surface area contributed by atoms with Gasteiger partial charge in [-0.3, -0.25) is 19.2 Å². The summed E-state index contributed by atoms with van der Waals surface area (Å²) < 4.78 is 7.65. The molecule has 6 nitrogen and oxygen atoms in total. The number of imide groups is 1. The fraction of sp³-hybridized carbons (Fsp3) is 0.154. The van der Waals surface area contributed by atoms with Crippen LogP contribution in [0.25, 0.3) is 0 Å². The first-order chi connectivity index (χ1) is 16.4. The van der Waals surface area contributed by atoms with Gasteiger partial charge in [-0.05, 0) is 45.8 Å². The number of fused-ring (bicyclic) bond motifs is 3. The van der Waals surface area contributed by atoms with Gasteiger partial charge in [0.1, 0.15) is 0 Å². The van der Waals surface area contributed by atoms with Crippen LogP contribution in [0.15, 0.2) is 81.7 Å². The summed E-state index contributed by atoms with van der Waals surface area (Å²) in [5.74, 6) is -4.55. The van der Waals surface area contributed by atoms with Gasteiger partial charge in [0.25, 0.3) is 0 Å². The molecule has 2 aliphatic heterocycles. The number of amides is 2. The van der Waals surface area contributed by atoms with Crippen LogP contribution < -0.4 is 4.90 Å². The third kappa shape index (κ3) is 2.70. The molecule has 0 unspecified atom stereocenters. The molecule has 1 spiro atoms. The number of ether oxygens (including phenoxy) is 1. The second kappa shape index (κ2) is 7.53. The molecule has 0 N–H and O–H groups in total. The second-order valence-corrected chi connectivity index (χ2v) is 10.3. The lowest BCUT2D eigenvalue weighted by molar-refractivity contribution is -0.127. The number of carbonyl (C=O) groups excluding carboxylic acids is 4. The highest BCUT2D eigenvalue weighted by molar-refractivity contribution is 9.10. The van der Waals surface area contributed by atoms with Crippen molar-refractivity contribution >= 4 is 60.9 Å². The van der Waals surface area contributed by atoms with E-state index in [1.165, 1.54) is 0 Å². The van der Waals surface area contributed by atoms with Crippen LogP contribution in [0.2, 0.25) is 0 Å². The van der Waals surface area contributed by atoms with E-state index < -0.39 is 46.9 Å². The van der Waals surface area contributed by atoms with Crippen LogP contribution in [0.3, 0.4) is 0 Å². The number of rotatable bonds is 2. The molecule has 3 aromatic carbocycles. The Labute approximate surface area is 211 Å². The molecule has 2 fully saturated rings. The smallest absolute Gasteiger partial charge is 0.241 e. The first kappa shape index (κ1) is 21.6. The fourth-order valence-electron chi connectivity index (χ4n) is 5.34. The molecule has 1 aliphatic carbocycles. The van der Waals surface area contributed by atoms with Crippen LogP contribution in [0.4, 0.5) is 5.69 Å². The van der Waals surface area contributed by atoms with Crippen molar-refractivity contribution in [1.29, 1.82) is 0 Å². The fourth-order valence-corrected chi connectivity index (χ4v) is 6.07. The number of nitrogens with zero attached hydrogens (tertiary/aromatic N) is 1. The van der Waals surface area contributed by atoms with Crippen LogP contribution in [-0.4, -0.2) is 29.0 Å². The Hall–Kier alpha value is -2.94. The number of halogens is 2. The average molecular weight is 581 g/mol. The second-order valence-electron chi connectivity index (χ2n) is 8.50. The van der Waals surface area contributed by atoms with Crippen molar-refractivity contribution in [1.82, 2.24) is 0 Å². The van der Waals surface area contributed by atoms with E-state index in [4.69, 9.17) is 4.74 Å². The molecule has 0 saturated carbocycles. The standard InChI is InChI=1S/C26H15Br2NO5/c27-14-11-9-13(10-12-14)21-19-20(25(33)29(24(19)32)18-8-4-3-7-17(18)28)26(34-21)22(30)15-5-1-2-6-16(15)23(26)31/h1-12,19-21H/t19-,20+,21+/m1/s1. The average Bonchev–Trinajstić information content (AvgIpc) is 3.40. The molecular formula is C26H15Br2NO5. The maximum Gasteiger partial charge on any atom is 0.241 e. The van der Waals surface area contributed by atoms with Gasteiger partial charge in [0.05, 0.1) is 23.6 Å². The maximum atomic E-state index is 13.9. The van der Waals surface area contributed by atoms with Gasteiger partial charge in [-0.1, -0.05) is 64.5 Å². The maximum absolute atomic E-state index is 13.9. The molecule has 168 valence electrons. The summed E-state index contributed by atoms with van der Waals surface area (Å²) >= 11 is 6.81. The number of anilines is 1. The summed E-state index contributed by atoms with van der Waals surface area (Å²) in [6.45, 7) is 0. The third-order valence-corrected chi connectivity index (χ3v) is 8.01. The topological polar surface area (TPSA) is 80.8 Å². The lowest BCUT2D eigenvalue weighted by atomic mass is 9.77. The van der Waals surface area contributed by atoms with Gasteiger partial charge < -0.3 is 4.74 Å². The van der Waals surface area contributed by atoms with Gasteiger partial charge in [-0.25, -0.2) is 4.90 Å². The Bertz CT molecular complexity index is 1380. The van der Waals surface area contributed by atoms with Crippen molar-refractivity contribution in [2.24, 2.45) is 11.8 Å². The summed E-state index contributed by atoms with van der Waals surface area (Å²) in [6, 6.07) is 20.4. The SMILES string of the molecule is O=C1[C@@H]2[C@@H](C(=O)N1c1ccccc1Br)C1(O[C@H]2c2ccc(Br)cc2)C(=O)c2ccccc2C1=O. The predicted octanol–water partition coefficient (Wildman–Crippen LogP) is 4.91. The molecule has 2 saturated heterocycles. The first-order valence-corrected chi connectivity index (χ1v) is 12.2. The summed E-state index contributed by atoms with van der Waals surface area (Å²) in [7, 11) is 0. The molecule has 2 heterocycles. The summed E-state index contributed by atoms with van der Waals surface area (Å²) in [5.41, 5.74) is -0.673. The van der Waals surface area contributed by atoms with Gasteiger partial charge >= 0.3 is 0 Å². The van der Waals surface area contributed by atoms with E-state index in [1.54, 1.807) is 72.8 Å². The number of hydrogen-bond donors (Lipinski definition) is 0. The predicted molar refractivity (Wildman–Crippen MR) is 129 cm³/mol. The molecule has 8 heteroatoms. The molecule has 34 heavy (non-hydrogen) atoms. The zero-order valence-corrected chi connectivity index (χ0v) is 20.6. The van der Waals surface area contributed by atoms with Crippen molar-refractivity contribution < 1.29 is 23.9 Å². The number of ketones is 2. The minimum absolute atomic E-state index is 0.210. The highest BCUT2D eigenvalue weighted by Gasteiger charge is 2.74. The van der Waals surface area contributed by atoms with E-state index >= 15 is 0 Å². The highest BCUT2D eigenvalue weighted by Crippen LogP contribution is 2.58. The third-order valence-electron chi connectivity index (χ3n) is 6.81. The van der Waals surface area contributed by atoms with Crippen LogP contribution in [0.5, 0.6) is 0 Å². The lowest BCUT2D eigenvalue weighted by Crippen LogP contribution is -2.51. The van der Waals surface area contributed by atoms with Crippen molar-refractivity contribution in [3.63, 3.8) is 0 Å². The highest BCUT2D eigenvalue weighted by atomic mass is 79.9. The monoisotopic (exact) mass is 579 g/mol. The van der Waals surface area contributed by atoms with E-state index in [9.17, 15) is 19.2 Å². The Morgan fingerprint density at radius 1 is 0.735 bits per heavy atom. The normalized spacial score (nSPS) is 24.8. The number of carbonyl (C=O) groups is 4. The molecule has 0 radical (unpaired) electrons. The number of para-hydroxylation sites is 1. The van der Waals surface area contributed by atoms with E-state index in [1.807, 2.05) is 0 Å². The largest absolute Gasteiger partial charge is 0.349 e. The van der Waals surface area contributed by atoms with Crippen molar-refractivity contribution in [3.8, 4) is 0 Å². The van der Waals surface area contributed by atoms with Crippen molar-refractivity contribution in [2.75, 3.05) is 4.90 Å². The zero-order valence-electron chi connectivity index (χ0n) is 17.4. The van der Waals surface area contributed by atoms with Crippen molar-refractivity contribution in [2.45, 2.75) is 11.7 Å². The van der Waals surface area contributed by atoms with Gasteiger partial charge in [0.15, 0.2) is 0 Å². The summed E-state index contributed by atoms with van der Waals surface area (Å²) in [6.07, 6.45) is -0.941. The molecule has 6 rings (SSSR count). The summed E-state index contributed by atoms with van der Waals surface area (Å²) in [5, 5.41) is 0. The van der Waals surface area contributed by atoms with E-state index in [0.717, 1.165) is 9.37 Å². The number of Topliss-reactive ketones (excluding diaryl/α,β-unsaturated/α-hetero) is 2. The Morgan fingerprint density at radius 3 is 1.94 bits per heavy atom. The quantitative estimate of drug-likeness (QED) is 0.318. The van der Waals surface area contributed by atoms with Crippen LogP contribution in [-0.2, 0) is 14.3 Å². The van der Waals surface area contributed by atoms with Gasteiger partial charge in [-0.2, -0.15) is 0 Å². The van der Waals surface area contributed by atoms with Crippen LogP contribution in [0.1, 0.15) is 32.4 Å². The number of hydrogen-bond acceptors (Lipinski definition) is 5. The van der Waals surface area contributed by atoms with E-state index in [-0.39, 0.29) is 11.1 Å². The van der Waals surface area contributed by atoms with E-state index in [0.29, 0.717) is 15.7 Å². The van der Waals surface area contributed by atoms with Crippen LogP contribution in [0, 0.1) is 11.8 Å². The van der Waals surface area contributed by atoms with Crippen LogP contribution >= 0.6 is 31.9 Å². The number of benzene rings is 3.